The standard InChI is InChI=1S/C57H115N5O2/c1-6-11-16-21-26-31-36-41-46-60(48-47-58(42-37-32-27-22-17-12-7-2)43-38-33-28-23-18-13-8-3)53-56(63)54-61-49-51-62(52-50-61)57(64)55-59(44-39-34-29-24-19-14-9-4)45-40-35-30-25-20-15-10-5/h6-55H2,1-5H3. The van der Waals surface area contributed by atoms with E-state index in [9.17, 15) is 9.59 Å². The van der Waals surface area contributed by atoms with Crippen LogP contribution in [0.5, 0.6) is 0 Å². The van der Waals surface area contributed by atoms with Crippen LogP contribution in [0.25, 0.3) is 0 Å². The van der Waals surface area contributed by atoms with Gasteiger partial charge in [-0.15, -0.1) is 0 Å². The van der Waals surface area contributed by atoms with Crippen molar-refractivity contribution in [3.05, 3.63) is 0 Å². The van der Waals surface area contributed by atoms with Gasteiger partial charge in [0.15, 0.2) is 5.78 Å². The highest BCUT2D eigenvalue weighted by atomic mass is 16.2. The molecule has 380 valence electrons. The molecule has 0 aromatic heterocycles. The van der Waals surface area contributed by atoms with Crippen molar-refractivity contribution in [1.29, 1.82) is 0 Å². The molecule has 1 aliphatic rings. The molecule has 0 atom stereocenters. The first kappa shape index (κ1) is 61.0. The fraction of sp³-hybridized carbons (Fsp3) is 0.965. The summed E-state index contributed by atoms with van der Waals surface area (Å²) in [5.74, 6) is 0.659. The van der Waals surface area contributed by atoms with E-state index in [2.05, 4.69) is 59.1 Å². The Hall–Kier alpha value is -1.02. The number of Topliss-reactive ketones (excluding diaryl/α,β-unsaturated/α-hetero) is 1. The lowest BCUT2D eigenvalue weighted by Crippen LogP contribution is -2.52. The molecular formula is C57H115N5O2. The van der Waals surface area contributed by atoms with E-state index in [-0.39, 0.29) is 0 Å². The van der Waals surface area contributed by atoms with E-state index in [0.29, 0.717) is 31.3 Å². The quantitative estimate of drug-likeness (QED) is 0.0567. The van der Waals surface area contributed by atoms with E-state index in [1.807, 2.05) is 0 Å². The molecule has 7 heteroatoms. The Kier molecular flexibility index (Phi) is 44.9. The Morgan fingerprint density at radius 3 is 0.906 bits per heavy atom. The zero-order valence-electron chi connectivity index (χ0n) is 44.4. The van der Waals surface area contributed by atoms with E-state index in [1.165, 1.54) is 244 Å². The Bertz CT molecular complexity index is 951. The molecule has 0 aliphatic carbocycles. The highest BCUT2D eigenvalue weighted by Gasteiger charge is 2.24. The lowest BCUT2D eigenvalue weighted by Gasteiger charge is -2.36. The molecule has 0 unspecified atom stereocenters. The van der Waals surface area contributed by atoms with Gasteiger partial charge in [-0.1, -0.05) is 234 Å². The van der Waals surface area contributed by atoms with Gasteiger partial charge in [0.25, 0.3) is 0 Å². The number of piperazine rings is 1. The van der Waals surface area contributed by atoms with Crippen LogP contribution in [0.4, 0.5) is 0 Å². The van der Waals surface area contributed by atoms with E-state index in [1.54, 1.807) is 0 Å². The molecule has 7 nitrogen and oxygen atoms in total. The maximum absolute atomic E-state index is 13.8. The van der Waals surface area contributed by atoms with Gasteiger partial charge in [0.05, 0.1) is 19.6 Å². The highest BCUT2D eigenvalue weighted by Crippen LogP contribution is 2.15. The van der Waals surface area contributed by atoms with Crippen LogP contribution in [-0.2, 0) is 9.59 Å². The molecule has 0 radical (unpaired) electrons. The number of carbonyl (C=O) groups excluding carboxylic acids is 2. The Morgan fingerprint density at radius 1 is 0.312 bits per heavy atom. The predicted molar refractivity (Wildman–Crippen MR) is 282 cm³/mol. The van der Waals surface area contributed by atoms with Crippen LogP contribution in [0.3, 0.4) is 0 Å². The topological polar surface area (TPSA) is 50.3 Å². The van der Waals surface area contributed by atoms with Crippen molar-refractivity contribution >= 4 is 11.7 Å². The minimum absolute atomic E-state index is 0.297. The first-order chi connectivity index (χ1) is 31.5. The molecule has 0 bridgehead atoms. The average Bonchev–Trinajstić information content (AvgIpc) is 3.29. The van der Waals surface area contributed by atoms with Crippen molar-refractivity contribution in [1.82, 2.24) is 24.5 Å². The van der Waals surface area contributed by atoms with Gasteiger partial charge in [0.1, 0.15) is 0 Å². The summed E-state index contributed by atoms with van der Waals surface area (Å²) in [6.45, 7) is 23.9. The minimum Gasteiger partial charge on any atom is -0.339 e. The average molecular weight is 903 g/mol. The third kappa shape index (κ3) is 38.0. The molecule has 0 aromatic carbocycles. The second-order valence-corrected chi connectivity index (χ2v) is 20.5. The summed E-state index contributed by atoms with van der Waals surface area (Å²) in [5.41, 5.74) is 0. The van der Waals surface area contributed by atoms with E-state index < -0.39 is 0 Å². The molecule has 0 spiro atoms. The zero-order valence-corrected chi connectivity index (χ0v) is 44.4. The summed E-state index contributed by atoms with van der Waals surface area (Å²) in [6.07, 6.45) is 48.0. The summed E-state index contributed by atoms with van der Waals surface area (Å²) in [6, 6.07) is 0. The summed E-state index contributed by atoms with van der Waals surface area (Å²) >= 11 is 0. The molecular weight excluding hydrogens is 787 g/mol. The molecule has 1 rings (SSSR count). The predicted octanol–water partition coefficient (Wildman–Crippen LogP) is 14.7. The number of hydrogen-bond acceptors (Lipinski definition) is 6. The van der Waals surface area contributed by atoms with Gasteiger partial charge in [-0.3, -0.25) is 24.3 Å². The van der Waals surface area contributed by atoms with Crippen LogP contribution in [0.15, 0.2) is 0 Å². The number of amides is 1. The van der Waals surface area contributed by atoms with E-state index in [0.717, 1.165) is 58.9 Å². The largest absolute Gasteiger partial charge is 0.339 e. The molecule has 1 heterocycles. The van der Waals surface area contributed by atoms with Gasteiger partial charge >= 0.3 is 0 Å². The Labute approximate surface area is 401 Å². The second kappa shape index (κ2) is 47.1. The number of ketones is 1. The van der Waals surface area contributed by atoms with Gasteiger partial charge < -0.3 is 9.80 Å². The highest BCUT2D eigenvalue weighted by molar-refractivity contribution is 5.82. The van der Waals surface area contributed by atoms with Crippen LogP contribution in [0.1, 0.15) is 266 Å². The molecule has 1 aliphatic heterocycles. The third-order valence-corrected chi connectivity index (χ3v) is 14.3. The van der Waals surface area contributed by atoms with Crippen LogP contribution >= 0.6 is 0 Å². The first-order valence-electron chi connectivity index (χ1n) is 29.2. The SMILES string of the molecule is CCCCCCCCCCN(CCN(CCCCCCCCC)CCCCCCCCC)CC(=O)CN1CCN(C(=O)CN(CCCCCCCCC)CCCCCCCCC)CC1. The van der Waals surface area contributed by atoms with Crippen LogP contribution in [0.2, 0.25) is 0 Å². The number of unbranched alkanes of at least 4 members (excludes halogenated alkanes) is 31. The number of hydrogen-bond donors (Lipinski definition) is 0. The van der Waals surface area contributed by atoms with Gasteiger partial charge in [-0.05, 0) is 64.8 Å². The van der Waals surface area contributed by atoms with E-state index >= 15 is 0 Å². The maximum atomic E-state index is 13.8. The van der Waals surface area contributed by atoms with Crippen molar-refractivity contribution in [2.45, 2.75) is 266 Å². The molecule has 0 saturated carbocycles. The van der Waals surface area contributed by atoms with Crippen molar-refractivity contribution in [3.63, 3.8) is 0 Å². The van der Waals surface area contributed by atoms with E-state index in [4.69, 9.17) is 0 Å². The van der Waals surface area contributed by atoms with Crippen molar-refractivity contribution in [2.75, 3.05) is 91.6 Å². The first-order valence-corrected chi connectivity index (χ1v) is 29.2. The summed E-state index contributed by atoms with van der Waals surface area (Å²) in [7, 11) is 0. The Balaban J connectivity index is 2.73. The molecule has 64 heavy (non-hydrogen) atoms. The molecule has 0 aromatic rings. The second-order valence-electron chi connectivity index (χ2n) is 20.5. The number of nitrogens with zero attached hydrogens (tertiary/aromatic N) is 5. The molecule has 1 amide bonds. The Morgan fingerprint density at radius 2 is 0.578 bits per heavy atom. The number of rotatable bonds is 50. The van der Waals surface area contributed by atoms with Crippen LogP contribution < -0.4 is 0 Å². The van der Waals surface area contributed by atoms with Crippen LogP contribution in [0, 0.1) is 0 Å². The van der Waals surface area contributed by atoms with Crippen molar-refractivity contribution in [2.24, 2.45) is 0 Å². The van der Waals surface area contributed by atoms with Crippen molar-refractivity contribution < 1.29 is 9.59 Å². The number of carbonyl (C=O) groups is 2. The fourth-order valence-electron chi connectivity index (χ4n) is 9.79. The molecule has 1 saturated heterocycles. The molecule has 1 fully saturated rings. The third-order valence-electron chi connectivity index (χ3n) is 14.3. The van der Waals surface area contributed by atoms with Crippen molar-refractivity contribution in [3.8, 4) is 0 Å². The molecule has 0 N–H and O–H groups in total. The van der Waals surface area contributed by atoms with Crippen LogP contribution in [-0.4, -0.2) is 128 Å². The van der Waals surface area contributed by atoms with Gasteiger partial charge in [0, 0.05) is 39.3 Å². The lowest BCUT2D eigenvalue weighted by molar-refractivity contribution is -0.134. The monoisotopic (exact) mass is 902 g/mol. The zero-order chi connectivity index (χ0) is 46.4. The maximum Gasteiger partial charge on any atom is 0.236 e. The summed E-state index contributed by atoms with van der Waals surface area (Å²) in [4.78, 5) is 39.7. The minimum atomic E-state index is 0.297. The van der Waals surface area contributed by atoms with Gasteiger partial charge in [-0.25, -0.2) is 0 Å². The fourth-order valence-corrected chi connectivity index (χ4v) is 9.79. The lowest BCUT2D eigenvalue weighted by atomic mass is 10.1. The normalized spacial score (nSPS) is 13.7. The summed E-state index contributed by atoms with van der Waals surface area (Å²) in [5, 5.41) is 0. The van der Waals surface area contributed by atoms with Gasteiger partial charge in [0.2, 0.25) is 5.91 Å². The smallest absolute Gasteiger partial charge is 0.236 e. The van der Waals surface area contributed by atoms with Gasteiger partial charge in [-0.2, -0.15) is 0 Å². The summed E-state index contributed by atoms with van der Waals surface area (Å²) < 4.78 is 0.